The van der Waals surface area contributed by atoms with Crippen molar-refractivity contribution >= 4 is 41.0 Å². The van der Waals surface area contributed by atoms with Gasteiger partial charge in [0.2, 0.25) is 5.91 Å². The Morgan fingerprint density at radius 3 is 2.48 bits per heavy atom. The molecular formula is C31H31Cl2F2N3O2. The lowest BCUT2D eigenvalue weighted by molar-refractivity contribution is -0.117. The van der Waals surface area contributed by atoms with Crippen LogP contribution in [0.15, 0.2) is 59.6 Å². The summed E-state index contributed by atoms with van der Waals surface area (Å²) < 4.78 is 36.2. The van der Waals surface area contributed by atoms with Gasteiger partial charge >= 0.3 is 0 Å². The van der Waals surface area contributed by atoms with Gasteiger partial charge in [-0.25, -0.2) is 8.78 Å². The number of nitriles is 1. The molecule has 1 amide bonds. The molecule has 0 heterocycles. The van der Waals surface area contributed by atoms with Crippen LogP contribution in [0.5, 0.6) is 5.75 Å². The van der Waals surface area contributed by atoms with Crippen molar-refractivity contribution < 1.29 is 18.3 Å². The monoisotopic (exact) mass is 585 g/mol. The van der Waals surface area contributed by atoms with Crippen LogP contribution < -0.4 is 10.1 Å². The molecule has 0 aliphatic rings. The van der Waals surface area contributed by atoms with Crippen LogP contribution in [0.25, 0.3) is 0 Å². The van der Waals surface area contributed by atoms with Crippen molar-refractivity contribution in [3.63, 3.8) is 0 Å². The highest BCUT2D eigenvalue weighted by Gasteiger charge is 2.40. The van der Waals surface area contributed by atoms with Gasteiger partial charge in [0.15, 0.2) is 0 Å². The second kappa shape index (κ2) is 13.3. The van der Waals surface area contributed by atoms with Crippen LogP contribution in [0.2, 0.25) is 10.0 Å². The number of rotatable bonds is 9. The van der Waals surface area contributed by atoms with Gasteiger partial charge in [-0.05, 0) is 60.2 Å². The molecule has 5 nitrogen and oxygen atoms in total. The zero-order valence-corrected chi connectivity index (χ0v) is 24.4. The van der Waals surface area contributed by atoms with Gasteiger partial charge in [-0.2, -0.15) is 5.26 Å². The van der Waals surface area contributed by atoms with Crippen LogP contribution >= 0.6 is 23.2 Å². The normalized spacial score (nSPS) is 13.9. The van der Waals surface area contributed by atoms with Gasteiger partial charge in [-0.3, -0.25) is 9.79 Å². The maximum absolute atomic E-state index is 15.6. The van der Waals surface area contributed by atoms with Crippen molar-refractivity contribution in [2.45, 2.75) is 52.0 Å². The summed E-state index contributed by atoms with van der Waals surface area (Å²) in [5.74, 6) is -4.38. The number of ether oxygens (including phenoxy) is 1. The van der Waals surface area contributed by atoms with Crippen molar-refractivity contribution in [2.75, 3.05) is 12.4 Å². The Morgan fingerprint density at radius 1 is 1.12 bits per heavy atom. The molecule has 0 saturated heterocycles. The summed E-state index contributed by atoms with van der Waals surface area (Å²) >= 11 is 12.1. The predicted octanol–water partition coefficient (Wildman–Crippen LogP) is 8.49. The number of halogens is 4. The van der Waals surface area contributed by atoms with Gasteiger partial charge in [-0.15, -0.1) is 0 Å². The summed E-state index contributed by atoms with van der Waals surface area (Å²) in [5.41, 5.74) is 1.02. The number of benzene rings is 3. The third-order valence-corrected chi connectivity index (χ3v) is 6.86. The van der Waals surface area contributed by atoms with E-state index in [2.05, 4.69) is 16.4 Å². The van der Waals surface area contributed by atoms with Gasteiger partial charge in [0.1, 0.15) is 23.4 Å². The molecule has 3 aromatic rings. The smallest absolute Gasteiger partial charge is 0.249 e. The van der Waals surface area contributed by atoms with Gasteiger partial charge in [0.25, 0.3) is 0 Å². The Morgan fingerprint density at radius 2 is 1.85 bits per heavy atom. The van der Waals surface area contributed by atoms with Crippen LogP contribution in [0.4, 0.5) is 14.5 Å². The maximum Gasteiger partial charge on any atom is 0.249 e. The predicted molar refractivity (Wildman–Crippen MR) is 157 cm³/mol. The number of anilines is 1. The quantitative estimate of drug-likeness (QED) is 0.256. The lowest BCUT2D eigenvalue weighted by Gasteiger charge is -2.29. The van der Waals surface area contributed by atoms with E-state index in [0.29, 0.717) is 17.9 Å². The van der Waals surface area contributed by atoms with Crippen molar-refractivity contribution in [2.24, 2.45) is 10.4 Å². The van der Waals surface area contributed by atoms with Crippen LogP contribution in [-0.2, 0) is 4.79 Å². The molecule has 0 saturated carbocycles. The van der Waals surface area contributed by atoms with E-state index in [-0.39, 0.29) is 26.6 Å². The first-order chi connectivity index (χ1) is 18.9. The zero-order chi connectivity index (χ0) is 29.6. The summed E-state index contributed by atoms with van der Waals surface area (Å²) in [7, 11) is 1.47. The van der Waals surface area contributed by atoms with Gasteiger partial charge in [0, 0.05) is 22.7 Å². The lowest BCUT2D eigenvalue weighted by Crippen LogP contribution is -2.36. The first kappa shape index (κ1) is 31.1. The summed E-state index contributed by atoms with van der Waals surface area (Å²) in [4.78, 5) is 18.5. The van der Waals surface area contributed by atoms with E-state index in [0.717, 1.165) is 11.6 Å². The Labute approximate surface area is 243 Å². The van der Waals surface area contributed by atoms with Crippen molar-refractivity contribution in [3.05, 3.63) is 93.0 Å². The molecule has 0 radical (unpaired) electrons. The van der Waals surface area contributed by atoms with E-state index < -0.39 is 35.4 Å². The second-order valence-electron chi connectivity index (χ2n) is 10.7. The number of hydrogen-bond acceptors (Lipinski definition) is 4. The number of aryl methyl sites for hydroxylation is 1. The zero-order valence-electron chi connectivity index (χ0n) is 22.9. The fraction of sp³-hybridized carbons (Fsp3) is 0.323. The summed E-state index contributed by atoms with van der Waals surface area (Å²) in [5, 5.41) is 13.1. The van der Waals surface area contributed by atoms with E-state index >= 15 is 8.78 Å². The van der Waals surface area contributed by atoms with E-state index in [4.69, 9.17) is 27.9 Å². The third-order valence-electron chi connectivity index (χ3n) is 6.33. The first-order valence-corrected chi connectivity index (χ1v) is 13.4. The maximum atomic E-state index is 15.6. The molecule has 0 aromatic heterocycles. The van der Waals surface area contributed by atoms with E-state index in [1.807, 2.05) is 27.7 Å². The minimum atomic E-state index is -1.35. The number of hydrogen-bond donors (Lipinski definition) is 1. The molecule has 3 rings (SSSR count). The molecule has 3 atom stereocenters. The largest absolute Gasteiger partial charge is 0.495 e. The minimum absolute atomic E-state index is 0.0441. The van der Waals surface area contributed by atoms with Crippen LogP contribution in [0.3, 0.4) is 0 Å². The summed E-state index contributed by atoms with van der Waals surface area (Å²) in [6, 6.07) is 14.1. The van der Waals surface area contributed by atoms with Crippen LogP contribution in [0, 0.1) is 35.3 Å². The fourth-order valence-electron chi connectivity index (χ4n) is 4.28. The molecule has 3 aromatic carbocycles. The number of carbonyl (C=O) groups is 1. The molecule has 0 aliphatic carbocycles. The average molecular weight is 587 g/mol. The van der Waals surface area contributed by atoms with Crippen LogP contribution in [0.1, 0.15) is 55.7 Å². The van der Waals surface area contributed by atoms with Gasteiger partial charge in [0.05, 0.1) is 29.8 Å². The molecule has 2 unspecified atom stereocenters. The highest BCUT2D eigenvalue weighted by molar-refractivity contribution is 6.31. The lowest BCUT2D eigenvalue weighted by atomic mass is 9.77. The Hall–Kier alpha value is -3.47. The average Bonchev–Trinajstić information content (AvgIpc) is 2.88. The molecule has 210 valence electrons. The summed E-state index contributed by atoms with van der Waals surface area (Å²) in [6.07, 6.45) is 2.07. The van der Waals surface area contributed by atoms with E-state index in [1.54, 1.807) is 24.4 Å². The summed E-state index contributed by atoms with van der Waals surface area (Å²) in [6.45, 7) is 7.88. The van der Waals surface area contributed by atoms with Gasteiger partial charge in [-0.1, -0.05) is 68.2 Å². The molecule has 0 bridgehead atoms. The molecular weight excluding hydrogens is 555 g/mol. The van der Waals surface area contributed by atoms with Gasteiger partial charge < -0.3 is 10.1 Å². The molecule has 0 aliphatic heterocycles. The number of carbonyl (C=O) groups excluding carboxylic acids is 1. The number of nitrogens with zero attached hydrogens (tertiary/aromatic N) is 2. The third kappa shape index (κ3) is 7.59. The highest BCUT2D eigenvalue weighted by Crippen LogP contribution is 2.41. The van der Waals surface area contributed by atoms with E-state index in [1.165, 1.54) is 37.4 Å². The first-order valence-electron chi connectivity index (χ1n) is 12.6. The molecule has 0 fully saturated rings. The van der Waals surface area contributed by atoms with Crippen molar-refractivity contribution in [3.8, 4) is 11.8 Å². The highest BCUT2D eigenvalue weighted by atomic mass is 35.5. The Kier molecular flexibility index (Phi) is 10.3. The molecule has 1 N–H and O–H groups in total. The molecule has 40 heavy (non-hydrogen) atoms. The fourth-order valence-corrected chi connectivity index (χ4v) is 4.62. The van der Waals surface area contributed by atoms with Crippen LogP contribution in [-0.4, -0.2) is 25.3 Å². The number of aliphatic imine (C=N–C) groups is 1. The number of nitrogens with one attached hydrogen (secondary N) is 1. The Balaban J connectivity index is 2.24. The standard InChI is InChI=1S/C31H31Cl2F2N3O2/c1-18-9-12-25(26(15-18)40-5)38-30(39)29(37-14-13-31(2,3)4)27(21-7-6-8-23(33)28(21)35)22(17-36)20-11-10-19(32)16-24(20)34/h6-12,14-16,22,27,29H,13H2,1-5H3,(H,38,39)/t22?,27-,29?/m1/s1. The molecule has 9 heteroatoms. The molecule has 0 spiro atoms. The van der Waals surface area contributed by atoms with E-state index in [9.17, 15) is 10.1 Å². The SMILES string of the molecule is COc1cc(C)ccc1NC(=O)C(N=CCC(C)(C)C)[C@H](c1cccc(Cl)c1F)C(C#N)c1ccc(Cl)cc1F. The Bertz CT molecular complexity index is 1450. The number of amides is 1. The second-order valence-corrected chi connectivity index (χ2v) is 11.5. The van der Waals surface area contributed by atoms with Crippen molar-refractivity contribution in [1.82, 2.24) is 0 Å². The topological polar surface area (TPSA) is 74.5 Å². The number of methoxy groups -OCH3 is 1. The minimum Gasteiger partial charge on any atom is -0.495 e. The van der Waals surface area contributed by atoms with Crippen molar-refractivity contribution in [1.29, 1.82) is 5.26 Å².